The molecular formula is C18H32N2. The van der Waals surface area contributed by atoms with Gasteiger partial charge < -0.3 is 5.32 Å². The molecule has 1 heterocycles. The minimum atomic E-state index is 0.496. The van der Waals surface area contributed by atoms with Crippen molar-refractivity contribution in [2.75, 3.05) is 19.6 Å². The average molecular weight is 276 g/mol. The molecule has 0 aromatic rings. The van der Waals surface area contributed by atoms with Crippen LogP contribution in [-0.4, -0.2) is 35.6 Å². The van der Waals surface area contributed by atoms with Crippen LogP contribution in [0.3, 0.4) is 0 Å². The molecule has 0 unspecified atom stereocenters. The van der Waals surface area contributed by atoms with Gasteiger partial charge in [-0.1, -0.05) is 44.9 Å². The van der Waals surface area contributed by atoms with Crippen LogP contribution in [0.15, 0.2) is 0 Å². The third-order valence-corrected chi connectivity index (χ3v) is 6.81. The minimum absolute atomic E-state index is 0.496. The summed E-state index contributed by atoms with van der Waals surface area (Å²) < 4.78 is 0. The molecule has 2 spiro atoms. The number of nitrogens with one attached hydrogen (secondary N) is 1. The number of nitrogens with zero attached hydrogens (tertiary/aromatic N) is 1. The molecule has 1 N–H and O–H groups in total. The predicted octanol–water partition coefficient (Wildman–Crippen LogP) is 3.71. The molecule has 4 fully saturated rings. The first-order valence-electron chi connectivity index (χ1n) is 9.31. The number of hydrogen-bond acceptors (Lipinski definition) is 2. The van der Waals surface area contributed by atoms with Gasteiger partial charge in [-0.05, 0) is 44.6 Å². The molecule has 114 valence electrons. The van der Waals surface area contributed by atoms with Crippen molar-refractivity contribution in [1.29, 1.82) is 0 Å². The Morgan fingerprint density at radius 1 is 0.900 bits per heavy atom. The second-order valence-electron chi connectivity index (χ2n) is 8.28. The summed E-state index contributed by atoms with van der Waals surface area (Å²) in [5.74, 6) is 1.09. The number of rotatable bonds is 3. The van der Waals surface area contributed by atoms with E-state index in [0.29, 0.717) is 11.1 Å². The monoisotopic (exact) mass is 276 g/mol. The molecule has 0 atom stereocenters. The summed E-state index contributed by atoms with van der Waals surface area (Å²) in [4.78, 5) is 2.97. The predicted molar refractivity (Wildman–Crippen MR) is 83.9 cm³/mol. The van der Waals surface area contributed by atoms with Gasteiger partial charge in [0.25, 0.3) is 0 Å². The third-order valence-electron chi connectivity index (χ3n) is 6.81. The van der Waals surface area contributed by atoms with Crippen LogP contribution in [-0.2, 0) is 0 Å². The Morgan fingerprint density at radius 3 is 2.30 bits per heavy atom. The van der Waals surface area contributed by atoms with Gasteiger partial charge in [0.15, 0.2) is 0 Å². The zero-order chi connectivity index (χ0) is 13.5. The maximum absolute atomic E-state index is 4.06. The lowest BCUT2D eigenvalue weighted by Gasteiger charge is -2.55. The van der Waals surface area contributed by atoms with E-state index in [1.807, 2.05) is 0 Å². The van der Waals surface area contributed by atoms with Crippen LogP contribution < -0.4 is 5.32 Å². The molecule has 0 radical (unpaired) electrons. The van der Waals surface area contributed by atoms with E-state index in [0.717, 1.165) is 5.92 Å². The smallest absolute Gasteiger partial charge is 0.0334 e. The topological polar surface area (TPSA) is 15.3 Å². The fourth-order valence-electron chi connectivity index (χ4n) is 5.20. The SMILES string of the molecule is C1CCC2(CC1)CN(CCC1CC1)C1(CCCC1)CN2. The van der Waals surface area contributed by atoms with Crippen molar-refractivity contribution in [3.8, 4) is 0 Å². The maximum Gasteiger partial charge on any atom is 0.0334 e. The van der Waals surface area contributed by atoms with E-state index in [1.54, 1.807) is 0 Å². The zero-order valence-corrected chi connectivity index (χ0v) is 13.1. The van der Waals surface area contributed by atoms with Crippen LogP contribution in [0.1, 0.15) is 77.0 Å². The number of hydrogen-bond donors (Lipinski definition) is 1. The summed E-state index contributed by atoms with van der Waals surface area (Å²) >= 11 is 0. The van der Waals surface area contributed by atoms with Gasteiger partial charge in [-0.2, -0.15) is 0 Å². The lowest BCUT2D eigenvalue weighted by molar-refractivity contribution is -0.00738. The van der Waals surface area contributed by atoms with Crippen molar-refractivity contribution in [2.45, 2.75) is 88.1 Å². The van der Waals surface area contributed by atoms with Crippen LogP contribution in [0.2, 0.25) is 0 Å². The van der Waals surface area contributed by atoms with Crippen molar-refractivity contribution >= 4 is 0 Å². The Labute approximate surface area is 124 Å². The van der Waals surface area contributed by atoms with Crippen LogP contribution in [0.25, 0.3) is 0 Å². The molecule has 4 aliphatic rings. The first-order valence-corrected chi connectivity index (χ1v) is 9.31. The molecule has 20 heavy (non-hydrogen) atoms. The third kappa shape index (κ3) is 2.54. The summed E-state index contributed by atoms with van der Waals surface area (Å²) in [6.07, 6.45) is 17.6. The highest BCUT2D eigenvalue weighted by Crippen LogP contribution is 2.43. The zero-order valence-electron chi connectivity index (χ0n) is 13.1. The maximum atomic E-state index is 4.06. The first-order chi connectivity index (χ1) is 9.80. The molecule has 1 aliphatic heterocycles. The molecule has 0 bridgehead atoms. The average Bonchev–Trinajstić information content (AvgIpc) is 3.19. The quantitative estimate of drug-likeness (QED) is 0.845. The van der Waals surface area contributed by atoms with E-state index in [9.17, 15) is 0 Å². The van der Waals surface area contributed by atoms with Gasteiger partial charge in [-0.3, -0.25) is 4.90 Å². The summed E-state index contributed by atoms with van der Waals surface area (Å²) in [5.41, 5.74) is 1.05. The van der Waals surface area contributed by atoms with Crippen LogP contribution in [0.4, 0.5) is 0 Å². The summed E-state index contributed by atoms with van der Waals surface area (Å²) in [6.45, 7) is 4.05. The van der Waals surface area contributed by atoms with E-state index in [2.05, 4.69) is 10.2 Å². The number of piperazine rings is 1. The Kier molecular flexibility index (Phi) is 3.58. The van der Waals surface area contributed by atoms with Crippen molar-refractivity contribution in [1.82, 2.24) is 10.2 Å². The van der Waals surface area contributed by atoms with Crippen LogP contribution >= 0.6 is 0 Å². The molecule has 4 rings (SSSR count). The minimum Gasteiger partial charge on any atom is -0.308 e. The highest BCUT2D eigenvalue weighted by Gasteiger charge is 2.48. The van der Waals surface area contributed by atoms with Gasteiger partial charge in [0.05, 0.1) is 0 Å². The highest BCUT2D eigenvalue weighted by molar-refractivity contribution is 5.08. The van der Waals surface area contributed by atoms with Crippen molar-refractivity contribution in [2.24, 2.45) is 5.92 Å². The molecule has 0 amide bonds. The molecular weight excluding hydrogens is 244 g/mol. The van der Waals surface area contributed by atoms with E-state index < -0.39 is 0 Å². The normalized spacial score (nSPS) is 33.0. The second kappa shape index (κ2) is 5.28. The second-order valence-corrected chi connectivity index (χ2v) is 8.28. The van der Waals surface area contributed by atoms with Crippen molar-refractivity contribution < 1.29 is 0 Å². The fraction of sp³-hybridized carbons (Fsp3) is 1.00. The van der Waals surface area contributed by atoms with Crippen molar-refractivity contribution in [3.05, 3.63) is 0 Å². The Bertz CT molecular complexity index is 335. The molecule has 2 nitrogen and oxygen atoms in total. The van der Waals surface area contributed by atoms with Crippen molar-refractivity contribution in [3.63, 3.8) is 0 Å². The summed E-state index contributed by atoms with van der Waals surface area (Å²) in [6, 6.07) is 0. The Balaban J connectivity index is 1.47. The molecule has 1 saturated heterocycles. The van der Waals surface area contributed by atoms with Gasteiger partial charge >= 0.3 is 0 Å². The molecule has 3 aliphatic carbocycles. The van der Waals surface area contributed by atoms with E-state index in [4.69, 9.17) is 0 Å². The van der Waals surface area contributed by atoms with Crippen LogP contribution in [0, 0.1) is 5.92 Å². The first kappa shape index (κ1) is 13.6. The van der Waals surface area contributed by atoms with Gasteiger partial charge in [0.1, 0.15) is 0 Å². The van der Waals surface area contributed by atoms with E-state index >= 15 is 0 Å². The van der Waals surface area contributed by atoms with Crippen LogP contribution in [0.5, 0.6) is 0 Å². The molecule has 2 heteroatoms. The summed E-state index contributed by atoms with van der Waals surface area (Å²) in [5, 5.41) is 4.06. The van der Waals surface area contributed by atoms with Gasteiger partial charge in [0.2, 0.25) is 0 Å². The highest BCUT2D eigenvalue weighted by atomic mass is 15.3. The largest absolute Gasteiger partial charge is 0.308 e. The van der Waals surface area contributed by atoms with E-state index in [-0.39, 0.29) is 0 Å². The molecule has 0 aromatic carbocycles. The molecule has 3 saturated carbocycles. The molecule has 0 aromatic heterocycles. The fourth-order valence-corrected chi connectivity index (χ4v) is 5.20. The summed E-state index contributed by atoms with van der Waals surface area (Å²) in [7, 11) is 0. The standard InChI is InChI=1S/C18H32N2/c1-2-9-17(10-3-1)15-20(13-8-16-6-7-16)18(14-19-17)11-4-5-12-18/h16,19H,1-15H2. The van der Waals surface area contributed by atoms with Gasteiger partial charge in [-0.15, -0.1) is 0 Å². The van der Waals surface area contributed by atoms with Gasteiger partial charge in [-0.25, -0.2) is 0 Å². The van der Waals surface area contributed by atoms with Gasteiger partial charge in [0, 0.05) is 24.2 Å². The van der Waals surface area contributed by atoms with E-state index in [1.165, 1.54) is 96.7 Å². The Morgan fingerprint density at radius 2 is 1.60 bits per heavy atom. The lowest BCUT2D eigenvalue weighted by atomic mass is 9.76. The Hall–Kier alpha value is -0.0800. The lowest BCUT2D eigenvalue weighted by Crippen LogP contribution is -2.69.